The Bertz CT molecular complexity index is 531. The predicted molar refractivity (Wildman–Crippen MR) is 82.4 cm³/mol. The maximum atomic E-state index is 12.1. The molecule has 1 aromatic heterocycles. The Morgan fingerprint density at radius 3 is 2.62 bits per heavy atom. The molecule has 1 aromatic rings. The fraction of sp³-hybridized carbons (Fsp3) is 0.733. The van der Waals surface area contributed by atoms with Gasteiger partial charge in [-0.2, -0.15) is 0 Å². The molecular weight excluding hydrogens is 288 g/mol. The maximum Gasteiger partial charge on any atom is 0.273 e. The third-order valence-electron chi connectivity index (χ3n) is 4.23. The zero-order chi connectivity index (χ0) is 15.3. The monoisotopic (exact) mass is 314 g/mol. The van der Waals surface area contributed by atoms with Crippen molar-refractivity contribution in [3.05, 3.63) is 17.9 Å². The Balaban J connectivity index is 1.80. The van der Waals surface area contributed by atoms with Gasteiger partial charge >= 0.3 is 0 Å². The molecule has 21 heavy (non-hydrogen) atoms. The van der Waals surface area contributed by atoms with Gasteiger partial charge in [-0.1, -0.05) is 32.6 Å². The molecule has 6 heteroatoms. The second kappa shape index (κ2) is 7.42. The molecule has 1 heterocycles. The first-order valence-electron chi connectivity index (χ1n) is 7.74. The van der Waals surface area contributed by atoms with E-state index in [1.165, 1.54) is 31.7 Å². The summed E-state index contributed by atoms with van der Waals surface area (Å²) in [4.78, 5) is 0. The molecule has 1 aliphatic rings. The lowest BCUT2D eigenvalue weighted by molar-refractivity contribution is 0.278. The molecule has 0 amide bonds. The lowest BCUT2D eigenvalue weighted by atomic mass is 9.81. The highest BCUT2D eigenvalue weighted by Crippen LogP contribution is 2.30. The van der Waals surface area contributed by atoms with Crippen molar-refractivity contribution in [3.8, 4) is 0 Å². The summed E-state index contributed by atoms with van der Waals surface area (Å²) in [6.45, 7) is 3.30. The third-order valence-corrected chi connectivity index (χ3v) is 5.57. The zero-order valence-corrected chi connectivity index (χ0v) is 13.7. The number of hydrogen-bond donors (Lipinski definition) is 2. The molecule has 0 aromatic carbocycles. The minimum absolute atomic E-state index is 0.00464. The Morgan fingerprint density at radius 1 is 1.24 bits per heavy atom. The van der Waals surface area contributed by atoms with Gasteiger partial charge in [0.2, 0.25) is 5.09 Å². The maximum absolute atomic E-state index is 12.1. The summed E-state index contributed by atoms with van der Waals surface area (Å²) >= 11 is 0. The topological polar surface area (TPSA) is 71.3 Å². The van der Waals surface area contributed by atoms with Gasteiger partial charge in [0.1, 0.15) is 5.76 Å². The van der Waals surface area contributed by atoms with Crippen LogP contribution in [0.2, 0.25) is 0 Å². The second-order valence-corrected chi connectivity index (χ2v) is 7.76. The lowest BCUT2D eigenvalue weighted by Crippen LogP contribution is -2.26. The highest BCUT2D eigenvalue weighted by Gasteiger charge is 2.21. The summed E-state index contributed by atoms with van der Waals surface area (Å²) < 4.78 is 32.2. The van der Waals surface area contributed by atoms with Crippen LogP contribution in [0.4, 0.5) is 0 Å². The van der Waals surface area contributed by atoms with E-state index in [2.05, 4.69) is 17.0 Å². The normalized spacial score (nSPS) is 23.3. The van der Waals surface area contributed by atoms with Crippen molar-refractivity contribution in [1.29, 1.82) is 0 Å². The molecule has 0 saturated heterocycles. The first-order chi connectivity index (χ1) is 10.0. The number of furan rings is 1. The van der Waals surface area contributed by atoms with Crippen molar-refractivity contribution in [2.75, 3.05) is 13.6 Å². The van der Waals surface area contributed by atoms with Crippen LogP contribution in [0.15, 0.2) is 21.6 Å². The number of sulfonamides is 1. The second-order valence-electron chi connectivity index (χ2n) is 6.06. The molecule has 1 saturated carbocycles. The standard InChI is InChI=1S/C15H26N2O3S/c1-12-3-5-13(6-4-12)9-10-17-21(18,19)15-8-7-14(20-15)11-16-2/h7-8,12-13,16-17H,3-6,9-11H2,1-2H3. The van der Waals surface area contributed by atoms with Gasteiger partial charge in [-0.05, 0) is 37.4 Å². The molecule has 2 N–H and O–H groups in total. The minimum Gasteiger partial charge on any atom is -0.447 e. The fourth-order valence-corrected chi connectivity index (χ4v) is 3.85. The molecule has 120 valence electrons. The molecule has 1 aliphatic carbocycles. The van der Waals surface area contributed by atoms with Crippen LogP contribution in [0.25, 0.3) is 0 Å². The van der Waals surface area contributed by atoms with Crippen molar-refractivity contribution in [2.24, 2.45) is 11.8 Å². The molecule has 1 fully saturated rings. The zero-order valence-electron chi connectivity index (χ0n) is 12.9. The fourth-order valence-electron chi connectivity index (χ4n) is 2.86. The number of rotatable bonds is 7. The van der Waals surface area contributed by atoms with E-state index in [0.29, 0.717) is 24.8 Å². The van der Waals surface area contributed by atoms with Crippen LogP contribution in [0, 0.1) is 11.8 Å². The smallest absolute Gasteiger partial charge is 0.273 e. The van der Waals surface area contributed by atoms with E-state index in [-0.39, 0.29) is 5.09 Å². The number of hydrogen-bond acceptors (Lipinski definition) is 4. The quantitative estimate of drug-likeness (QED) is 0.811. The van der Waals surface area contributed by atoms with Gasteiger partial charge < -0.3 is 9.73 Å². The number of nitrogens with one attached hydrogen (secondary N) is 2. The predicted octanol–water partition coefficient (Wildman–Crippen LogP) is 2.49. The summed E-state index contributed by atoms with van der Waals surface area (Å²) in [5.41, 5.74) is 0. The first-order valence-corrected chi connectivity index (χ1v) is 9.22. The van der Waals surface area contributed by atoms with Crippen molar-refractivity contribution >= 4 is 10.0 Å². The summed E-state index contributed by atoms with van der Waals surface area (Å²) in [7, 11) is -1.72. The van der Waals surface area contributed by atoms with Gasteiger partial charge in [0.15, 0.2) is 0 Å². The van der Waals surface area contributed by atoms with Crippen molar-refractivity contribution in [3.63, 3.8) is 0 Å². The lowest BCUT2D eigenvalue weighted by Gasteiger charge is -2.25. The van der Waals surface area contributed by atoms with E-state index in [0.717, 1.165) is 12.3 Å². The van der Waals surface area contributed by atoms with Crippen LogP contribution < -0.4 is 10.0 Å². The van der Waals surface area contributed by atoms with E-state index >= 15 is 0 Å². The average molecular weight is 314 g/mol. The van der Waals surface area contributed by atoms with E-state index in [4.69, 9.17) is 4.42 Å². The summed E-state index contributed by atoms with van der Waals surface area (Å²) in [5.74, 6) is 2.10. The Hall–Kier alpha value is -0.850. The van der Waals surface area contributed by atoms with Gasteiger partial charge in [0, 0.05) is 6.54 Å². The molecule has 5 nitrogen and oxygen atoms in total. The summed E-state index contributed by atoms with van der Waals surface area (Å²) in [6.07, 6.45) is 5.88. The molecule has 0 radical (unpaired) electrons. The van der Waals surface area contributed by atoms with Crippen molar-refractivity contribution < 1.29 is 12.8 Å². The molecule has 0 aliphatic heterocycles. The third kappa shape index (κ3) is 4.83. The molecule has 2 rings (SSSR count). The van der Waals surface area contributed by atoms with Gasteiger partial charge in [0.25, 0.3) is 10.0 Å². The van der Waals surface area contributed by atoms with Crippen LogP contribution >= 0.6 is 0 Å². The van der Waals surface area contributed by atoms with Gasteiger partial charge in [0.05, 0.1) is 6.54 Å². The van der Waals surface area contributed by atoms with Crippen LogP contribution in [-0.4, -0.2) is 22.0 Å². The van der Waals surface area contributed by atoms with Crippen molar-refractivity contribution in [1.82, 2.24) is 10.0 Å². The molecule has 0 unspecified atom stereocenters. The SMILES string of the molecule is CNCc1ccc(S(=O)(=O)NCCC2CCC(C)CC2)o1. The molecular formula is C15H26N2O3S. The van der Waals surface area contributed by atoms with Gasteiger partial charge in [-0.25, -0.2) is 13.1 Å². The van der Waals surface area contributed by atoms with E-state index in [1.807, 2.05) is 0 Å². The largest absolute Gasteiger partial charge is 0.447 e. The van der Waals surface area contributed by atoms with E-state index in [9.17, 15) is 8.42 Å². The van der Waals surface area contributed by atoms with Gasteiger partial charge in [-0.3, -0.25) is 0 Å². The van der Waals surface area contributed by atoms with Crippen LogP contribution in [0.3, 0.4) is 0 Å². The van der Waals surface area contributed by atoms with Crippen LogP contribution in [0.5, 0.6) is 0 Å². The van der Waals surface area contributed by atoms with E-state index in [1.54, 1.807) is 13.1 Å². The Labute approximate surface area is 127 Å². The Morgan fingerprint density at radius 2 is 1.95 bits per heavy atom. The summed E-state index contributed by atoms with van der Waals surface area (Å²) in [5, 5.41) is 2.93. The van der Waals surface area contributed by atoms with Crippen LogP contribution in [0.1, 0.15) is 44.8 Å². The first kappa shape index (κ1) is 16.5. The average Bonchev–Trinajstić information content (AvgIpc) is 2.91. The molecule has 0 atom stereocenters. The highest BCUT2D eigenvalue weighted by molar-refractivity contribution is 7.89. The summed E-state index contributed by atoms with van der Waals surface area (Å²) in [6, 6.07) is 3.20. The Kier molecular flexibility index (Phi) is 5.84. The molecule has 0 bridgehead atoms. The highest BCUT2D eigenvalue weighted by atomic mass is 32.2. The van der Waals surface area contributed by atoms with Crippen molar-refractivity contribution in [2.45, 2.75) is 50.7 Å². The van der Waals surface area contributed by atoms with E-state index < -0.39 is 10.0 Å². The van der Waals surface area contributed by atoms with Gasteiger partial charge in [-0.15, -0.1) is 0 Å². The minimum atomic E-state index is -3.51. The van der Waals surface area contributed by atoms with Crippen LogP contribution in [-0.2, 0) is 16.6 Å². The molecule has 0 spiro atoms.